The summed E-state index contributed by atoms with van der Waals surface area (Å²) in [6.07, 6.45) is 0.00106. The lowest BCUT2D eigenvalue weighted by Crippen LogP contribution is -2.54. The Morgan fingerprint density at radius 1 is 1.64 bits per heavy atom. The van der Waals surface area contributed by atoms with E-state index in [2.05, 4.69) is 17.5 Å². The first kappa shape index (κ1) is 7.93. The first-order chi connectivity index (χ1) is 5.09. The van der Waals surface area contributed by atoms with Gasteiger partial charge < -0.3 is 10.4 Å². The first-order valence-electron chi connectivity index (χ1n) is 2.93. The molecule has 60 valence electrons. The molecule has 1 unspecified atom stereocenters. The Balaban J connectivity index is 2.63. The maximum absolute atomic E-state index is 10.6. The number of amides is 3. The summed E-state index contributed by atoms with van der Waals surface area (Å²) in [5.41, 5.74) is 0. The monoisotopic (exact) mass is 174 g/mol. The molecule has 6 heteroatoms. The molecule has 3 N–H and O–H groups in total. The third-order valence-electron chi connectivity index (χ3n) is 1.25. The van der Waals surface area contributed by atoms with Crippen LogP contribution in [0.1, 0.15) is 6.42 Å². The molecule has 0 aromatic carbocycles. The number of rotatable bonds is 1. The Bertz CT molecular complexity index is 212. The quantitative estimate of drug-likeness (QED) is 0.467. The van der Waals surface area contributed by atoms with Gasteiger partial charge in [-0.25, -0.2) is 4.79 Å². The highest BCUT2D eigenvalue weighted by Crippen LogP contribution is 1.98. The molecule has 5 nitrogen and oxygen atoms in total. The second-order valence-corrected chi connectivity index (χ2v) is 2.53. The minimum Gasteiger partial charge on any atom is -0.500 e. The molecule has 1 aliphatic rings. The summed E-state index contributed by atoms with van der Waals surface area (Å²) in [5, 5.41) is 12.7. The van der Waals surface area contributed by atoms with Crippen molar-refractivity contribution in [1.29, 1.82) is 0 Å². The normalized spacial score (nSPS) is 23.8. The van der Waals surface area contributed by atoms with E-state index in [0.29, 0.717) is 0 Å². The molecule has 0 aromatic rings. The van der Waals surface area contributed by atoms with Gasteiger partial charge in [-0.05, 0) is 12.2 Å². The number of hydrogen-bond donors (Lipinski definition) is 3. The molecule has 0 aliphatic carbocycles. The summed E-state index contributed by atoms with van der Waals surface area (Å²) < 4.78 is 0. The maximum Gasteiger partial charge on any atom is 0.322 e. The van der Waals surface area contributed by atoms with Crippen molar-refractivity contribution in [3.63, 3.8) is 0 Å². The van der Waals surface area contributed by atoms with Gasteiger partial charge in [0.2, 0.25) is 5.91 Å². The van der Waals surface area contributed by atoms with Crippen molar-refractivity contribution in [2.24, 2.45) is 0 Å². The van der Waals surface area contributed by atoms with E-state index in [9.17, 15) is 9.59 Å². The van der Waals surface area contributed by atoms with Crippen molar-refractivity contribution in [2.75, 3.05) is 0 Å². The SMILES string of the molecule is O=C1CC(C(O)=S)NC(=O)N1. The Morgan fingerprint density at radius 3 is 2.73 bits per heavy atom. The van der Waals surface area contributed by atoms with Gasteiger partial charge in [-0.2, -0.15) is 0 Å². The molecule has 3 amide bonds. The fourth-order valence-corrected chi connectivity index (χ4v) is 0.900. The van der Waals surface area contributed by atoms with Crippen LogP contribution in [-0.2, 0) is 4.79 Å². The van der Waals surface area contributed by atoms with Crippen LogP contribution in [0.25, 0.3) is 0 Å². The van der Waals surface area contributed by atoms with E-state index in [1.54, 1.807) is 0 Å². The molecule has 0 spiro atoms. The molecule has 1 saturated heterocycles. The Kier molecular flexibility index (Phi) is 2.04. The zero-order valence-electron chi connectivity index (χ0n) is 5.46. The number of urea groups is 1. The van der Waals surface area contributed by atoms with Gasteiger partial charge in [-0.15, -0.1) is 0 Å². The van der Waals surface area contributed by atoms with Gasteiger partial charge in [0, 0.05) is 0 Å². The molecule has 0 saturated carbocycles. The Morgan fingerprint density at radius 2 is 2.27 bits per heavy atom. The average molecular weight is 174 g/mol. The van der Waals surface area contributed by atoms with Crippen LogP contribution in [0.3, 0.4) is 0 Å². The average Bonchev–Trinajstić information content (AvgIpc) is 1.85. The molecule has 1 heterocycles. The van der Waals surface area contributed by atoms with Crippen molar-refractivity contribution >= 4 is 29.2 Å². The zero-order valence-corrected chi connectivity index (χ0v) is 6.27. The minimum atomic E-state index is -0.716. The van der Waals surface area contributed by atoms with E-state index in [4.69, 9.17) is 5.11 Å². The van der Waals surface area contributed by atoms with Crippen molar-refractivity contribution < 1.29 is 14.7 Å². The number of hydrogen-bond acceptors (Lipinski definition) is 3. The maximum atomic E-state index is 10.6. The van der Waals surface area contributed by atoms with E-state index < -0.39 is 18.0 Å². The molecule has 1 aliphatic heterocycles. The zero-order chi connectivity index (χ0) is 8.43. The van der Waals surface area contributed by atoms with Gasteiger partial charge in [0.05, 0.1) is 6.42 Å². The van der Waals surface area contributed by atoms with Crippen molar-refractivity contribution in [3.8, 4) is 0 Å². The Hall–Kier alpha value is -1.17. The summed E-state index contributed by atoms with van der Waals surface area (Å²) in [5.74, 6) is -0.435. The van der Waals surface area contributed by atoms with Gasteiger partial charge in [0.1, 0.15) is 6.04 Å². The van der Waals surface area contributed by atoms with Gasteiger partial charge >= 0.3 is 6.03 Å². The number of nitrogens with one attached hydrogen (secondary N) is 2. The lowest BCUT2D eigenvalue weighted by atomic mass is 10.2. The second kappa shape index (κ2) is 2.83. The predicted octanol–water partition coefficient (Wildman–Crippen LogP) is -0.530. The topological polar surface area (TPSA) is 78.4 Å². The predicted molar refractivity (Wildman–Crippen MR) is 40.3 cm³/mol. The minimum absolute atomic E-state index is 0.00106. The van der Waals surface area contributed by atoms with Gasteiger partial charge in [0.15, 0.2) is 5.05 Å². The largest absolute Gasteiger partial charge is 0.500 e. The summed E-state index contributed by atoms with van der Waals surface area (Å²) in [6.45, 7) is 0. The molecule has 11 heavy (non-hydrogen) atoms. The van der Waals surface area contributed by atoms with Crippen LogP contribution in [0.15, 0.2) is 0 Å². The highest BCUT2D eigenvalue weighted by Gasteiger charge is 2.26. The van der Waals surface area contributed by atoms with Crippen LogP contribution < -0.4 is 10.6 Å². The summed E-state index contributed by atoms with van der Waals surface area (Å²) >= 11 is 4.38. The van der Waals surface area contributed by atoms with Crippen LogP contribution in [0.2, 0.25) is 0 Å². The van der Waals surface area contributed by atoms with E-state index in [-0.39, 0.29) is 11.5 Å². The van der Waals surface area contributed by atoms with Crippen molar-refractivity contribution in [2.45, 2.75) is 12.5 Å². The van der Waals surface area contributed by atoms with Crippen LogP contribution in [0.5, 0.6) is 0 Å². The number of aliphatic hydroxyl groups is 1. The highest BCUT2D eigenvalue weighted by molar-refractivity contribution is 7.80. The number of imide groups is 1. The van der Waals surface area contributed by atoms with Crippen molar-refractivity contribution in [3.05, 3.63) is 0 Å². The first-order valence-corrected chi connectivity index (χ1v) is 3.33. The molecule has 1 rings (SSSR count). The number of aliphatic hydroxyl groups excluding tert-OH is 1. The molecular formula is C5H6N2O3S. The summed E-state index contributed by atoms with van der Waals surface area (Å²) in [7, 11) is 0. The van der Waals surface area contributed by atoms with E-state index in [1.165, 1.54) is 0 Å². The molecular weight excluding hydrogens is 168 g/mol. The van der Waals surface area contributed by atoms with E-state index in [1.807, 2.05) is 5.32 Å². The molecule has 1 atom stereocenters. The fourth-order valence-electron chi connectivity index (χ4n) is 0.757. The number of thiocarbonyl (C=S) groups is 1. The van der Waals surface area contributed by atoms with Crippen LogP contribution >= 0.6 is 12.2 Å². The highest BCUT2D eigenvalue weighted by atomic mass is 32.1. The van der Waals surface area contributed by atoms with Crippen molar-refractivity contribution in [1.82, 2.24) is 10.6 Å². The third kappa shape index (κ3) is 1.87. The summed E-state index contributed by atoms with van der Waals surface area (Å²) in [6, 6.07) is -1.34. The third-order valence-corrected chi connectivity index (χ3v) is 1.53. The van der Waals surface area contributed by atoms with Crippen LogP contribution in [0, 0.1) is 0 Å². The lowest BCUT2D eigenvalue weighted by molar-refractivity contribution is -0.120. The molecule has 0 radical (unpaired) electrons. The standard InChI is InChI=1S/C5H6N2O3S/c8-3-1-2(4(9)11)6-5(10)7-3/h2H,1H2,(H,9,11)(H2,6,7,8,10). The lowest BCUT2D eigenvalue weighted by Gasteiger charge is -2.20. The van der Waals surface area contributed by atoms with Gasteiger partial charge in [-0.1, -0.05) is 0 Å². The number of carbonyl (C=O) groups is 2. The molecule has 0 aromatic heterocycles. The van der Waals surface area contributed by atoms with E-state index >= 15 is 0 Å². The second-order valence-electron chi connectivity index (χ2n) is 2.12. The molecule has 0 bridgehead atoms. The van der Waals surface area contributed by atoms with Gasteiger partial charge in [-0.3, -0.25) is 10.1 Å². The summed E-state index contributed by atoms with van der Waals surface area (Å²) in [4.78, 5) is 21.2. The van der Waals surface area contributed by atoms with Gasteiger partial charge in [0.25, 0.3) is 0 Å². The smallest absolute Gasteiger partial charge is 0.322 e. The van der Waals surface area contributed by atoms with Crippen LogP contribution in [0.4, 0.5) is 4.79 Å². The van der Waals surface area contributed by atoms with E-state index in [0.717, 1.165) is 0 Å². The fraction of sp³-hybridized carbons (Fsp3) is 0.400. The molecule has 1 fully saturated rings. The Labute approximate surface area is 67.8 Å². The van der Waals surface area contributed by atoms with Crippen LogP contribution in [-0.4, -0.2) is 28.1 Å². The number of carbonyl (C=O) groups excluding carboxylic acids is 2.